The lowest BCUT2D eigenvalue weighted by Gasteiger charge is -2.26. The van der Waals surface area contributed by atoms with Crippen LogP contribution in [0.5, 0.6) is 0 Å². The minimum Gasteiger partial charge on any atom is -0.354 e. The maximum Gasteiger partial charge on any atom is 0.251 e. The Balaban J connectivity index is 1.79. The van der Waals surface area contributed by atoms with Crippen LogP contribution >= 0.6 is 11.3 Å². The normalized spacial score (nSPS) is 16.7. The first-order valence-corrected chi connectivity index (χ1v) is 10.4. The first kappa shape index (κ1) is 18.6. The number of hydrogen-bond donors (Lipinski definition) is 2. The largest absolute Gasteiger partial charge is 0.354 e. The summed E-state index contributed by atoms with van der Waals surface area (Å²) in [6.45, 7) is 2.14. The Kier molecular flexibility index (Phi) is 5.40. The minimum atomic E-state index is -3.83. The molecule has 1 aromatic heterocycles. The molecule has 1 fully saturated rings. The number of carbonyl (C=O) groups is 2. The van der Waals surface area contributed by atoms with Crippen molar-refractivity contribution in [1.82, 2.24) is 14.9 Å². The van der Waals surface area contributed by atoms with Gasteiger partial charge in [0.2, 0.25) is 15.9 Å². The Morgan fingerprint density at radius 3 is 2.81 bits per heavy atom. The molecular weight excluding hydrogens is 374 g/mol. The molecule has 0 radical (unpaired) electrons. The predicted molar refractivity (Wildman–Crippen MR) is 98.4 cm³/mol. The van der Waals surface area contributed by atoms with Crippen LogP contribution in [-0.4, -0.2) is 44.2 Å². The van der Waals surface area contributed by atoms with E-state index in [1.54, 1.807) is 6.07 Å². The minimum absolute atomic E-state index is 0.00336. The Bertz CT molecular complexity index is 910. The van der Waals surface area contributed by atoms with Gasteiger partial charge in [0, 0.05) is 23.5 Å². The zero-order valence-electron chi connectivity index (χ0n) is 14.1. The van der Waals surface area contributed by atoms with E-state index in [0.29, 0.717) is 0 Å². The summed E-state index contributed by atoms with van der Waals surface area (Å²) in [7, 11) is -3.83. The van der Waals surface area contributed by atoms with Gasteiger partial charge in [0.05, 0.1) is 17.5 Å². The Morgan fingerprint density at radius 1 is 1.31 bits per heavy atom. The summed E-state index contributed by atoms with van der Waals surface area (Å²) in [5, 5.41) is 7.39. The zero-order chi connectivity index (χ0) is 18.7. The van der Waals surface area contributed by atoms with Crippen molar-refractivity contribution >= 4 is 33.2 Å². The fourth-order valence-electron chi connectivity index (χ4n) is 2.66. The highest BCUT2D eigenvalue weighted by Gasteiger charge is 2.29. The molecule has 1 aliphatic heterocycles. The van der Waals surface area contributed by atoms with Crippen LogP contribution in [0.4, 0.5) is 0 Å². The van der Waals surface area contributed by atoms with Crippen LogP contribution in [-0.2, 0) is 14.8 Å². The number of hydrogen-bond acceptors (Lipinski definition) is 5. The highest BCUT2D eigenvalue weighted by atomic mass is 32.2. The van der Waals surface area contributed by atoms with Crippen molar-refractivity contribution in [2.24, 2.45) is 0 Å². The molecule has 1 aromatic carbocycles. The first-order chi connectivity index (χ1) is 12.4. The number of nitrogens with zero attached hydrogens (tertiary/aromatic N) is 1. The molecule has 3 rings (SSSR count). The van der Waals surface area contributed by atoms with Gasteiger partial charge < -0.3 is 10.6 Å². The fourth-order valence-corrected chi connectivity index (χ4v) is 4.83. The highest BCUT2D eigenvalue weighted by Crippen LogP contribution is 2.20. The topological polar surface area (TPSA) is 95.6 Å². The van der Waals surface area contributed by atoms with E-state index in [-0.39, 0.29) is 47.9 Å². The molecule has 2 heterocycles. The summed E-state index contributed by atoms with van der Waals surface area (Å²) < 4.78 is 26.6. The zero-order valence-corrected chi connectivity index (χ0v) is 15.8. The number of benzene rings is 1. The number of piperazine rings is 1. The molecule has 0 spiro atoms. The van der Waals surface area contributed by atoms with Crippen LogP contribution in [0.2, 0.25) is 0 Å². The smallest absolute Gasteiger partial charge is 0.251 e. The summed E-state index contributed by atoms with van der Waals surface area (Å²) in [6.07, 6.45) is 0. The van der Waals surface area contributed by atoms with Crippen LogP contribution in [0.1, 0.15) is 28.2 Å². The molecule has 2 amide bonds. The number of thiophene rings is 1. The molecule has 1 atom stereocenters. The van der Waals surface area contributed by atoms with Crippen molar-refractivity contribution in [1.29, 1.82) is 0 Å². The number of amides is 2. The molecule has 2 N–H and O–H groups in total. The number of nitrogens with one attached hydrogen (secondary N) is 2. The third-order valence-electron chi connectivity index (χ3n) is 4.05. The van der Waals surface area contributed by atoms with Gasteiger partial charge in [-0.2, -0.15) is 4.31 Å². The van der Waals surface area contributed by atoms with E-state index in [0.717, 1.165) is 9.18 Å². The third kappa shape index (κ3) is 3.95. The van der Waals surface area contributed by atoms with Crippen LogP contribution in [0.25, 0.3) is 0 Å². The molecule has 0 saturated carbocycles. The van der Waals surface area contributed by atoms with E-state index in [9.17, 15) is 18.0 Å². The van der Waals surface area contributed by atoms with Gasteiger partial charge in [-0.05, 0) is 36.6 Å². The van der Waals surface area contributed by atoms with Crippen molar-refractivity contribution < 1.29 is 18.0 Å². The molecule has 26 heavy (non-hydrogen) atoms. The summed E-state index contributed by atoms with van der Waals surface area (Å²) in [5.74, 6) is -0.683. The van der Waals surface area contributed by atoms with Gasteiger partial charge in [0.1, 0.15) is 0 Å². The molecule has 7 nitrogen and oxygen atoms in total. The van der Waals surface area contributed by atoms with Crippen molar-refractivity contribution in [2.45, 2.75) is 17.9 Å². The van der Waals surface area contributed by atoms with Gasteiger partial charge in [-0.15, -0.1) is 11.3 Å². The molecule has 1 saturated heterocycles. The summed E-state index contributed by atoms with van der Waals surface area (Å²) in [5.41, 5.74) is 0.260. The predicted octanol–water partition coefficient (Wildman–Crippen LogP) is 1.36. The van der Waals surface area contributed by atoms with E-state index in [2.05, 4.69) is 10.6 Å². The number of carbonyl (C=O) groups excluding carboxylic acids is 2. The molecule has 2 aromatic rings. The van der Waals surface area contributed by atoms with Gasteiger partial charge in [-0.3, -0.25) is 9.59 Å². The molecule has 0 aliphatic carbocycles. The summed E-state index contributed by atoms with van der Waals surface area (Å²) >= 11 is 1.54. The van der Waals surface area contributed by atoms with E-state index in [4.69, 9.17) is 0 Å². The van der Waals surface area contributed by atoms with Gasteiger partial charge in [-0.1, -0.05) is 12.1 Å². The molecule has 0 bridgehead atoms. The van der Waals surface area contributed by atoms with Crippen LogP contribution in [0, 0.1) is 0 Å². The van der Waals surface area contributed by atoms with Gasteiger partial charge >= 0.3 is 0 Å². The van der Waals surface area contributed by atoms with E-state index >= 15 is 0 Å². The third-order valence-corrected chi connectivity index (χ3v) is 6.95. The van der Waals surface area contributed by atoms with Crippen LogP contribution in [0.3, 0.4) is 0 Å². The van der Waals surface area contributed by atoms with Gasteiger partial charge in [0.25, 0.3) is 5.91 Å². The first-order valence-electron chi connectivity index (χ1n) is 8.09. The molecule has 9 heteroatoms. The van der Waals surface area contributed by atoms with Crippen molar-refractivity contribution in [3.63, 3.8) is 0 Å². The summed E-state index contributed by atoms with van der Waals surface area (Å²) in [4.78, 5) is 25.0. The Morgan fingerprint density at radius 2 is 2.12 bits per heavy atom. The van der Waals surface area contributed by atoms with Crippen LogP contribution in [0.15, 0.2) is 46.7 Å². The number of sulfonamides is 1. The average Bonchev–Trinajstić information content (AvgIpc) is 3.16. The highest BCUT2D eigenvalue weighted by molar-refractivity contribution is 7.89. The van der Waals surface area contributed by atoms with Crippen molar-refractivity contribution in [2.75, 3.05) is 19.6 Å². The van der Waals surface area contributed by atoms with Gasteiger partial charge in [-0.25, -0.2) is 8.42 Å². The van der Waals surface area contributed by atoms with Crippen molar-refractivity contribution in [3.8, 4) is 0 Å². The maximum atomic E-state index is 12.7. The van der Waals surface area contributed by atoms with Crippen LogP contribution < -0.4 is 10.6 Å². The molecule has 1 aliphatic rings. The summed E-state index contributed by atoms with van der Waals surface area (Å²) in [6, 6.07) is 9.54. The standard InChI is InChI=1S/C17H19N3O4S2/c1-12(15-6-3-9-25-15)19-17(22)13-4-2-5-14(10-13)26(23,24)20-8-7-18-16(21)11-20/h2-6,9-10,12H,7-8,11H2,1H3,(H,18,21)(H,19,22). The lowest BCUT2D eigenvalue weighted by Crippen LogP contribution is -2.49. The Labute approximate surface area is 156 Å². The molecular formula is C17H19N3O4S2. The maximum absolute atomic E-state index is 12.7. The lowest BCUT2D eigenvalue weighted by atomic mass is 10.2. The number of rotatable bonds is 5. The quantitative estimate of drug-likeness (QED) is 0.802. The second kappa shape index (κ2) is 7.56. The van der Waals surface area contributed by atoms with E-state index in [1.807, 2.05) is 24.4 Å². The fraction of sp³-hybridized carbons (Fsp3) is 0.294. The SMILES string of the molecule is CC(NC(=O)c1cccc(S(=O)(=O)N2CCNC(=O)C2)c1)c1cccs1. The van der Waals surface area contributed by atoms with E-state index in [1.165, 1.54) is 29.5 Å². The van der Waals surface area contributed by atoms with Crippen molar-refractivity contribution in [3.05, 3.63) is 52.2 Å². The Hall–Kier alpha value is -2.23. The molecule has 1 unspecified atom stereocenters. The average molecular weight is 393 g/mol. The second-order valence-corrected chi connectivity index (χ2v) is 8.84. The van der Waals surface area contributed by atoms with Gasteiger partial charge in [0.15, 0.2) is 0 Å². The second-order valence-electron chi connectivity index (χ2n) is 5.93. The molecule has 138 valence electrons. The monoisotopic (exact) mass is 393 g/mol. The lowest BCUT2D eigenvalue weighted by molar-refractivity contribution is -0.122. The van der Waals surface area contributed by atoms with E-state index < -0.39 is 10.0 Å².